The van der Waals surface area contributed by atoms with Gasteiger partial charge >= 0.3 is 0 Å². The van der Waals surface area contributed by atoms with E-state index in [4.69, 9.17) is 0 Å². The van der Waals surface area contributed by atoms with Crippen molar-refractivity contribution in [3.8, 4) is 0 Å². The number of rotatable bonds is 3. The van der Waals surface area contributed by atoms with Crippen LogP contribution in [0.2, 0.25) is 0 Å². The third kappa shape index (κ3) is 3.96. The fourth-order valence-corrected chi connectivity index (χ4v) is 2.23. The molecule has 0 spiro atoms. The van der Waals surface area contributed by atoms with E-state index in [9.17, 15) is 4.79 Å². The second kappa shape index (κ2) is 4.94. The van der Waals surface area contributed by atoms with Gasteiger partial charge < -0.3 is 10.2 Å². The molecule has 0 aromatic heterocycles. The van der Waals surface area contributed by atoms with E-state index in [0.717, 1.165) is 32.2 Å². The van der Waals surface area contributed by atoms with Gasteiger partial charge in [-0.2, -0.15) is 0 Å². The molecular formula is C13H25N3O. The van der Waals surface area contributed by atoms with Crippen molar-refractivity contribution in [3.05, 3.63) is 0 Å². The van der Waals surface area contributed by atoms with E-state index in [1.165, 1.54) is 12.8 Å². The smallest absolute Gasteiger partial charge is 0.236 e. The van der Waals surface area contributed by atoms with Crippen LogP contribution in [0, 0.1) is 0 Å². The molecule has 1 N–H and O–H groups in total. The maximum absolute atomic E-state index is 12.0. The number of amides is 1. The van der Waals surface area contributed by atoms with Crippen LogP contribution in [0.25, 0.3) is 0 Å². The minimum absolute atomic E-state index is 0.0193. The lowest BCUT2D eigenvalue weighted by Gasteiger charge is -2.35. The Kier molecular flexibility index (Phi) is 3.73. The van der Waals surface area contributed by atoms with Crippen molar-refractivity contribution in [1.82, 2.24) is 15.1 Å². The highest BCUT2D eigenvalue weighted by Crippen LogP contribution is 2.27. The average molecular weight is 239 g/mol. The van der Waals surface area contributed by atoms with E-state index in [-0.39, 0.29) is 11.4 Å². The molecule has 2 aliphatic rings. The maximum atomic E-state index is 12.0. The first-order valence-electron chi connectivity index (χ1n) is 6.72. The van der Waals surface area contributed by atoms with Crippen molar-refractivity contribution < 1.29 is 4.79 Å². The number of nitrogens with zero attached hydrogens (tertiary/aromatic N) is 2. The Morgan fingerprint density at radius 1 is 1.18 bits per heavy atom. The van der Waals surface area contributed by atoms with Crippen LogP contribution >= 0.6 is 0 Å². The van der Waals surface area contributed by atoms with Gasteiger partial charge in [0.15, 0.2) is 0 Å². The van der Waals surface area contributed by atoms with Crippen LogP contribution in [-0.2, 0) is 4.79 Å². The van der Waals surface area contributed by atoms with Gasteiger partial charge in [0.05, 0.1) is 6.54 Å². The fraction of sp³-hybridized carbons (Fsp3) is 0.923. The van der Waals surface area contributed by atoms with E-state index >= 15 is 0 Å². The molecule has 0 bridgehead atoms. The molecule has 98 valence electrons. The van der Waals surface area contributed by atoms with Crippen molar-refractivity contribution in [2.24, 2.45) is 0 Å². The lowest BCUT2D eigenvalue weighted by Crippen LogP contribution is -2.52. The molecule has 1 heterocycles. The zero-order valence-electron chi connectivity index (χ0n) is 11.3. The highest BCUT2D eigenvalue weighted by Gasteiger charge is 2.32. The minimum atomic E-state index is 0.0193. The third-order valence-electron chi connectivity index (χ3n) is 3.50. The van der Waals surface area contributed by atoms with E-state index in [1.54, 1.807) is 0 Å². The molecule has 0 aromatic carbocycles. The molecule has 4 heteroatoms. The lowest BCUT2D eigenvalue weighted by molar-refractivity contribution is -0.132. The predicted octanol–water partition coefficient (Wildman–Crippen LogP) is 0.681. The van der Waals surface area contributed by atoms with Crippen LogP contribution in [0.1, 0.15) is 33.6 Å². The molecule has 1 amide bonds. The Bertz CT molecular complexity index is 273. The number of piperazine rings is 1. The molecule has 17 heavy (non-hydrogen) atoms. The van der Waals surface area contributed by atoms with Crippen molar-refractivity contribution in [3.63, 3.8) is 0 Å². The first kappa shape index (κ1) is 12.8. The highest BCUT2D eigenvalue weighted by molar-refractivity contribution is 5.78. The molecule has 2 rings (SSSR count). The SMILES string of the molecule is CC(C)(C)NCC(=O)N1CCN(C2CC2)CC1. The fourth-order valence-electron chi connectivity index (χ4n) is 2.23. The normalized spacial score (nSPS) is 22.9. The van der Waals surface area contributed by atoms with Gasteiger partial charge in [-0.3, -0.25) is 9.69 Å². The van der Waals surface area contributed by atoms with Crippen molar-refractivity contribution >= 4 is 5.91 Å². The first-order valence-corrected chi connectivity index (χ1v) is 6.72. The summed E-state index contributed by atoms with van der Waals surface area (Å²) in [6.07, 6.45) is 2.72. The van der Waals surface area contributed by atoms with Crippen LogP contribution in [-0.4, -0.2) is 60.0 Å². The Hall–Kier alpha value is -0.610. The summed E-state index contributed by atoms with van der Waals surface area (Å²) in [6, 6.07) is 0.833. The molecule has 1 saturated heterocycles. The quantitative estimate of drug-likeness (QED) is 0.787. The van der Waals surface area contributed by atoms with E-state index < -0.39 is 0 Å². The molecule has 1 saturated carbocycles. The number of nitrogens with one attached hydrogen (secondary N) is 1. The molecule has 0 atom stereocenters. The summed E-state index contributed by atoms with van der Waals surface area (Å²) < 4.78 is 0. The second-order valence-corrected chi connectivity index (χ2v) is 6.25. The predicted molar refractivity (Wildman–Crippen MR) is 68.9 cm³/mol. The van der Waals surface area contributed by atoms with Gasteiger partial charge in [-0.25, -0.2) is 0 Å². The van der Waals surface area contributed by atoms with E-state index in [2.05, 4.69) is 31.0 Å². The Morgan fingerprint density at radius 2 is 1.76 bits per heavy atom. The molecule has 0 unspecified atom stereocenters. The standard InChI is InChI=1S/C13H25N3O/c1-13(2,3)14-10-12(17)16-8-6-15(7-9-16)11-4-5-11/h11,14H,4-10H2,1-3H3. The minimum Gasteiger partial charge on any atom is -0.339 e. The van der Waals surface area contributed by atoms with Gasteiger partial charge in [0.1, 0.15) is 0 Å². The van der Waals surface area contributed by atoms with Crippen LogP contribution < -0.4 is 5.32 Å². The van der Waals surface area contributed by atoms with E-state index in [0.29, 0.717) is 6.54 Å². The third-order valence-corrected chi connectivity index (χ3v) is 3.50. The average Bonchev–Trinajstić information content (AvgIpc) is 3.09. The van der Waals surface area contributed by atoms with Gasteiger partial charge in [0, 0.05) is 37.8 Å². The topological polar surface area (TPSA) is 35.6 Å². The molecule has 0 radical (unpaired) electrons. The summed E-state index contributed by atoms with van der Waals surface area (Å²) in [5.74, 6) is 0.246. The Balaban J connectivity index is 1.70. The summed E-state index contributed by atoms with van der Waals surface area (Å²) >= 11 is 0. The van der Waals surface area contributed by atoms with Gasteiger partial charge in [0.2, 0.25) is 5.91 Å². The van der Waals surface area contributed by atoms with Gasteiger partial charge in [-0.05, 0) is 33.6 Å². The second-order valence-electron chi connectivity index (χ2n) is 6.25. The summed E-state index contributed by atoms with van der Waals surface area (Å²) in [5.41, 5.74) is 0.0193. The summed E-state index contributed by atoms with van der Waals surface area (Å²) in [6.45, 7) is 10.7. The van der Waals surface area contributed by atoms with Gasteiger partial charge in [0.25, 0.3) is 0 Å². The molecular weight excluding hydrogens is 214 g/mol. The van der Waals surface area contributed by atoms with Gasteiger partial charge in [-0.1, -0.05) is 0 Å². The van der Waals surface area contributed by atoms with Crippen molar-refractivity contribution in [1.29, 1.82) is 0 Å². The van der Waals surface area contributed by atoms with Crippen LogP contribution in [0.15, 0.2) is 0 Å². The maximum Gasteiger partial charge on any atom is 0.236 e. The summed E-state index contributed by atoms with van der Waals surface area (Å²) in [4.78, 5) is 16.5. The van der Waals surface area contributed by atoms with Crippen molar-refractivity contribution in [2.75, 3.05) is 32.7 Å². The largest absolute Gasteiger partial charge is 0.339 e. The van der Waals surface area contributed by atoms with Crippen LogP contribution in [0.3, 0.4) is 0 Å². The van der Waals surface area contributed by atoms with Crippen LogP contribution in [0.4, 0.5) is 0 Å². The monoisotopic (exact) mass is 239 g/mol. The molecule has 2 fully saturated rings. The zero-order valence-corrected chi connectivity index (χ0v) is 11.3. The van der Waals surface area contributed by atoms with Gasteiger partial charge in [-0.15, -0.1) is 0 Å². The summed E-state index contributed by atoms with van der Waals surface area (Å²) in [5, 5.41) is 3.26. The molecule has 1 aliphatic heterocycles. The van der Waals surface area contributed by atoms with Crippen LogP contribution in [0.5, 0.6) is 0 Å². The Labute approximate surface area is 104 Å². The zero-order chi connectivity index (χ0) is 12.5. The number of hydrogen-bond donors (Lipinski definition) is 1. The number of carbonyl (C=O) groups excluding carboxylic acids is 1. The first-order chi connectivity index (χ1) is 7.96. The number of hydrogen-bond acceptors (Lipinski definition) is 3. The van der Waals surface area contributed by atoms with E-state index in [1.807, 2.05) is 4.90 Å². The van der Waals surface area contributed by atoms with Crippen molar-refractivity contribution in [2.45, 2.75) is 45.2 Å². The lowest BCUT2D eigenvalue weighted by atomic mass is 10.1. The Morgan fingerprint density at radius 3 is 2.24 bits per heavy atom. The molecule has 0 aromatic rings. The highest BCUT2D eigenvalue weighted by atomic mass is 16.2. The number of carbonyl (C=O) groups is 1. The summed E-state index contributed by atoms with van der Waals surface area (Å²) in [7, 11) is 0. The molecule has 1 aliphatic carbocycles. The molecule has 4 nitrogen and oxygen atoms in total.